The Morgan fingerprint density at radius 3 is 1.56 bits per heavy atom. The van der Waals surface area contributed by atoms with Crippen LogP contribution >= 0.6 is 81.5 Å². The molecule has 5 aromatic carbocycles. The van der Waals surface area contributed by atoms with Gasteiger partial charge in [0.05, 0.1) is 38.8 Å². The van der Waals surface area contributed by atoms with Crippen molar-refractivity contribution in [2.24, 2.45) is 11.7 Å². The molecule has 2 aromatic heterocycles. The Morgan fingerprint density at radius 2 is 1.12 bits per heavy atom. The topological polar surface area (TPSA) is 108 Å². The van der Waals surface area contributed by atoms with Crippen LogP contribution in [0.25, 0.3) is 34.7 Å². The van der Waals surface area contributed by atoms with Crippen LogP contribution in [-0.2, 0) is 11.5 Å². The van der Waals surface area contributed by atoms with E-state index in [0.29, 0.717) is 66.2 Å². The van der Waals surface area contributed by atoms with E-state index in [2.05, 4.69) is 17.3 Å². The quantitative estimate of drug-likeness (QED) is 0.139. The first-order valence-electron chi connectivity index (χ1n) is 23.7. The number of thioether (sulfide) groups is 2. The molecule has 2 atom stereocenters. The second-order valence-electron chi connectivity index (χ2n) is 17.9. The van der Waals surface area contributed by atoms with Crippen molar-refractivity contribution in [3.8, 4) is 11.4 Å². The van der Waals surface area contributed by atoms with Crippen LogP contribution < -0.4 is 11.1 Å². The summed E-state index contributed by atoms with van der Waals surface area (Å²) in [6.07, 6.45) is 11.0. The van der Waals surface area contributed by atoms with Gasteiger partial charge >= 0.3 is 0 Å². The zero-order valence-corrected chi connectivity index (χ0v) is 45.3. The number of carbonyl (C=O) groups excluding carboxylic acids is 2. The van der Waals surface area contributed by atoms with Gasteiger partial charge in [0.15, 0.2) is 5.69 Å². The van der Waals surface area contributed by atoms with Crippen LogP contribution in [0.3, 0.4) is 0 Å². The highest BCUT2D eigenvalue weighted by molar-refractivity contribution is 7.99. The lowest BCUT2D eigenvalue weighted by atomic mass is 9.85. The lowest BCUT2D eigenvalue weighted by molar-refractivity contribution is 0.0933. The molecular weight excluding hydrogens is 1070 g/mol. The fourth-order valence-corrected chi connectivity index (χ4v) is 12.2. The molecule has 1 aliphatic carbocycles. The molecule has 0 bridgehead atoms. The van der Waals surface area contributed by atoms with E-state index in [9.17, 15) is 18.4 Å². The predicted molar refractivity (Wildman–Crippen MR) is 301 cm³/mol. The number of benzene rings is 5. The van der Waals surface area contributed by atoms with E-state index >= 15 is 0 Å². The summed E-state index contributed by atoms with van der Waals surface area (Å²) in [5.74, 6) is 2.64. The Morgan fingerprint density at radius 1 is 0.658 bits per heavy atom. The zero-order valence-electron chi connectivity index (χ0n) is 39.9. The molecule has 2 aliphatic heterocycles. The fraction of sp³-hybridized carbons (Fsp3) is 0.250. The van der Waals surface area contributed by atoms with Gasteiger partial charge in [0, 0.05) is 50.2 Å². The number of nitrogens with zero attached hydrogens (tertiary/aromatic N) is 4. The Labute approximate surface area is 457 Å². The van der Waals surface area contributed by atoms with Gasteiger partial charge in [-0.25, -0.2) is 18.1 Å². The third-order valence-corrected chi connectivity index (χ3v) is 16.0. The number of carbonyl (C=O) groups is 2. The van der Waals surface area contributed by atoms with E-state index in [1.165, 1.54) is 56.4 Å². The molecule has 378 valence electrons. The molecule has 0 radical (unpaired) electrons. The van der Waals surface area contributed by atoms with Crippen molar-refractivity contribution in [2.45, 2.75) is 69.5 Å². The first-order chi connectivity index (χ1) is 35.1. The SMILES string of the molecule is C[C@H](N)C1CCCCC1.C[C@H](NC(=O)c1nn(-c2ccc(Cl)cc2Cl)c2c1CSC/C2=C\c1ccc(F)cc1)c1ccccc1.O=C(Cl)c1nn(-c2ccc(Cl)cc2Cl)c2c1CSC/C2=C\c1ccc(F)cc1. The second-order valence-corrected chi connectivity index (χ2v) is 21.9. The van der Waals surface area contributed by atoms with Crippen LogP contribution in [0.1, 0.15) is 112 Å². The van der Waals surface area contributed by atoms with Gasteiger partial charge in [0.1, 0.15) is 17.3 Å². The summed E-state index contributed by atoms with van der Waals surface area (Å²) in [5.41, 5.74) is 15.4. The molecule has 3 N–H and O–H groups in total. The molecular formula is C56H51Cl5F2N6O2S2. The molecule has 10 rings (SSSR count). The number of rotatable bonds is 9. The molecule has 0 spiro atoms. The number of hydrogen-bond acceptors (Lipinski definition) is 7. The molecule has 0 saturated heterocycles. The third kappa shape index (κ3) is 13.5. The Kier molecular flexibility index (Phi) is 18.7. The second kappa shape index (κ2) is 25.1. The minimum Gasteiger partial charge on any atom is -0.344 e. The van der Waals surface area contributed by atoms with Gasteiger partial charge in [-0.05, 0) is 145 Å². The minimum atomic E-state index is -0.622. The number of hydrogen-bond donors (Lipinski definition) is 2. The third-order valence-electron chi connectivity index (χ3n) is 12.7. The molecule has 8 nitrogen and oxygen atoms in total. The van der Waals surface area contributed by atoms with Crippen LogP contribution in [0.5, 0.6) is 0 Å². The van der Waals surface area contributed by atoms with Crippen LogP contribution in [0.4, 0.5) is 8.78 Å². The number of fused-ring (bicyclic) bond motifs is 2. The molecule has 1 amide bonds. The lowest BCUT2D eigenvalue weighted by Gasteiger charge is -2.24. The van der Waals surface area contributed by atoms with Gasteiger partial charge in [-0.15, -0.1) is 0 Å². The van der Waals surface area contributed by atoms with E-state index in [0.717, 1.165) is 56.3 Å². The maximum absolute atomic E-state index is 13.5. The standard InChI is InChI=1S/C28H22Cl2FN3OS.C20H12Cl3FN2OS.C8H17N/c1-17(19-5-3-2-4-6-19)32-28(35)26-23-16-36-15-20(13-18-7-10-22(31)11-8-18)27(23)34(33-26)25-12-9-21(29)14-24(25)30;21-13-3-6-17(16(22)8-13)26-19-12(7-11-1-4-14(24)5-2-11)9-28-10-15(19)18(25-26)20(23)27;1-7(9)8-5-3-2-4-6-8/h2-14,17H,15-16H2,1H3,(H,32,35);1-8H,9-10H2;7-8H,2-6,9H2,1H3/b20-13+;12-7+;/t17-;;7-/m0.0/s1. The largest absolute Gasteiger partial charge is 0.344 e. The van der Waals surface area contributed by atoms with E-state index in [1.807, 2.05) is 49.4 Å². The van der Waals surface area contributed by atoms with Crippen molar-refractivity contribution < 1.29 is 18.4 Å². The van der Waals surface area contributed by atoms with Gasteiger partial charge in [0.2, 0.25) is 0 Å². The monoisotopic (exact) mass is 1120 g/mol. The maximum atomic E-state index is 13.5. The highest BCUT2D eigenvalue weighted by Crippen LogP contribution is 2.41. The summed E-state index contributed by atoms with van der Waals surface area (Å²) in [5, 5.41) is 13.5. The van der Waals surface area contributed by atoms with Gasteiger partial charge < -0.3 is 11.1 Å². The number of amides is 1. The minimum absolute atomic E-state index is 0.191. The van der Waals surface area contributed by atoms with Crippen molar-refractivity contribution in [2.75, 3.05) is 11.5 Å². The lowest BCUT2D eigenvalue weighted by Crippen LogP contribution is -2.28. The van der Waals surface area contributed by atoms with Crippen LogP contribution in [0, 0.1) is 17.6 Å². The summed E-state index contributed by atoms with van der Waals surface area (Å²) in [7, 11) is 0. The molecule has 1 saturated carbocycles. The first-order valence-corrected chi connectivity index (χ1v) is 27.9. The molecule has 7 aromatic rings. The zero-order chi connectivity index (χ0) is 51.8. The summed E-state index contributed by atoms with van der Waals surface area (Å²) >= 11 is 34.3. The number of nitrogens with two attached hydrogens (primary N) is 1. The van der Waals surface area contributed by atoms with Crippen LogP contribution in [-0.4, -0.2) is 48.3 Å². The number of nitrogens with one attached hydrogen (secondary N) is 1. The van der Waals surface area contributed by atoms with E-state index in [1.54, 1.807) is 93.6 Å². The van der Waals surface area contributed by atoms with E-state index in [-0.39, 0.29) is 29.3 Å². The van der Waals surface area contributed by atoms with Crippen molar-refractivity contribution in [1.82, 2.24) is 24.9 Å². The van der Waals surface area contributed by atoms with E-state index in [4.69, 9.17) is 68.8 Å². The molecule has 3 aliphatic rings. The first kappa shape index (κ1) is 54.4. The normalized spacial score (nSPS) is 16.3. The molecule has 73 heavy (non-hydrogen) atoms. The summed E-state index contributed by atoms with van der Waals surface area (Å²) in [4.78, 5) is 25.4. The number of aromatic nitrogens is 4. The Bertz CT molecular complexity index is 3160. The molecule has 0 unspecified atom stereocenters. The summed E-state index contributed by atoms with van der Waals surface area (Å²) in [6, 6.07) is 32.8. The van der Waals surface area contributed by atoms with Crippen molar-refractivity contribution in [3.05, 3.63) is 198 Å². The average molecular weight is 1120 g/mol. The molecule has 1 fully saturated rings. The van der Waals surface area contributed by atoms with Gasteiger partial charge in [-0.1, -0.05) is 120 Å². The van der Waals surface area contributed by atoms with Crippen molar-refractivity contribution in [1.29, 1.82) is 0 Å². The highest BCUT2D eigenvalue weighted by Gasteiger charge is 2.31. The van der Waals surface area contributed by atoms with Gasteiger partial charge in [0.25, 0.3) is 11.1 Å². The number of halogens is 7. The maximum Gasteiger partial charge on any atom is 0.273 e. The average Bonchev–Trinajstić information content (AvgIpc) is 3.97. The smallest absolute Gasteiger partial charge is 0.273 e. The Balaban J connectivity index is 0.000000170. The summed E-state index contributed by atoms with van der Waals surface area (Å²) < 4.78 is 30.1. The fourth-order valence-electron chi connectivity index (χ4n) is 8.98. The highest BCUT2D eigenvalue weighted by atomic mass is 35.5. The molecule has 4 heterocycles. The summed E-state index contributed by atoms with van der Waals surface area (Å²) in [6.45, 7) is 4.08. The van der Waals surface area contributed by atoms with Crippen molar-refractivity contribution >= 4 is 116 Å². The van der Waals surface area contributed by atoms with Gasteiger partial charge in [-0.2, -0.15) is 33.7 Å². The van der Waals surface area contributed by atoms with Crippen molar-refractivity contribution in [3.63, 3.8) is 0 Å². The van der Waals surface area contributed by atoms with Crippen LogP contribution in [0.2, 0.25) is 20.1 Å². The predicted octanol–water partition coefficient (Wildman–Crippen LogP) is 16.0. The molecule has 17 heteroatoms. The van der Waals surface area contributed by atoms with Gasteiger partial charge in [-0.3, -0.25) is 9.59 Å². The van der Waals surface area contributed by atoms with E-state index < -0.39 is 5.24 Å². The Hall–Kier alpha value is -4.89. The van der Waals surface area contributed by atoms with Crippen LogP contribution in [0.15, 0.2) is 115 Å².